The van der Waals surface area contributed by atoms with Gasteiger partial charge in [-0.1, -0.05) is 79.6 Å². The summed E-state index contributed by atoms with van der Waals surface area (Å²) in [7, 11) is -1.95. The van der Waals surface area contributed by atoms with Gasteiger partial charge in [0.2, 0.25) is 0 Å². The Balaban J connectivity index is 4.01. The van der Waals surface area contributed by atoms with Crippen LogP contribution in [0, 0.1) is 0 Å². The predicted molar refractivity (Wildman–Crippen MR) is 101 cm³/mol. The van der Waals surface area contributed by atoms with E-state index in [-0.39, 0.29) is 0 Å². The minimum Gasteiger partial charge on any atom is -0.394 e. The fourth-order valence-electron chi connectivity index (χ4n) is 2.94. The molecule has 0 saturated carbocycles. The molecule has 134 valence electrons. The van der Waals surface area contributed by atoms with E-state index in [1.807, 2.05) is 0 Å². The molecule has 0 aromatic carbocycles. The molecule has 0 aliphatic carbocycles. The summed E-state index contributed by atoms with van der Waals surface area (Å²) in [5, 5.41) is 0. The lowest BCUT2D eigenvalue weighted by Gasteiger charge is -2.33. The molecule has 0 bridgehead atoms. The van der Waals surface area contributed by atoms with Crippen molar-refractivity contribution in [1.82, 2.24) is 0 Å². The van der Waals surface area contributed by atoms with E-state index in [4.69, 9.17) is 8.85 Å². The molecule has 2 nitrogen and oxygen atoms in total. The highest BCUT2D eigenvalue weighted by Gasteiger charge is 2.35. The zero-order chi connectivity index (χ0) is 16.7. The van der Waals surface area contributed by atoms with Crippen LogP contribution in [0.3, 0.4) is 0 Å². The van der Waals surface area contributed by atoms with Gasteiger partial charge in [0.15, 0.2) is 0 Å². The Labute approximate surface area is 141 Å². The predicted octanol–water partition coefficient (Wildman–Crippen LogP) is 6.83. The van der Waals surface area contributed by atoms with Crippen molar-refractivity contribution in [2.24, 2.45) is 0 Å². The van der Waals surface area contributed by atoms with Crippen LogP contribution in [0.1, 0.15) is 98.8 Å². The molecule has 0 aromatic rings. The average Bonchev–Trinajstić information content (AvgIpc) is 2.55. The zero-order valence-electron chi connectivity index (χ0n) is 16.1. The second-order valence-corrected chi connectivity index (χ2v) is 10.3. The first-order valence-corrected chi connectivity index (χ1v) is 12.2. The van der Waals surface area contributed by atoms with E-state index in [1.165, 1.54) is 57.8 Å². The van der Waals surface area contributed by atoms with Gasteiger partial charge < -0.3 is 8.85 Å². The van der Waals surface area contributed by atoms with E-state index in [0.29, 0.717) is 6.10 Å². The van der Waals surface area contributed by atoms with Crippen molar-refractivity contribution in [3.05, 3.63) is 0 Å². The molecule has 0 amide bonds. The van der Waals surface area contributed by atoms with Gasteiger partial charge in [-0.25, -0.2) is 0 Å². The molecule has 3 heteroatoms. The molecule has 22 heavy (non-hydrogen) atoms. The first kappa shape index (κ1) is 22.1. The van der Waals surface area contributed by atoms with Crippen LogP contribution >= 0.6 is 0 Å². The summed E-state index contributed by atoms with van der Waals surface area (Å²) in [6.45, 7) is 12.2. The Bertz CT molecular complexity index is 229. The number of hydrogen-bond donors (Lipinski definition) is 0. The van der Waals surface area contributed by atoms with Crippen LogP contribution in [-0.4, -0.2) is 21.3 Å². The third-order valence-corrected chi connectivity index (χ3v) is 8.29. The fraction of sp³-hybridized carbons (Fsp3) is 1.00. The maximum absolute atomic E-state index is 6.50. The van der Waals surface area contributed by atoms with Crippen molar-refractivity contribution in [3.8, 4) is 0 Å². The van der Waals surface area contributed by atoms with Gasteiger partial charge in [-0.2, -0.15) is 0 Å². The molecule has 0 saturated heterocycles. The highest BCUT2D eigenvalue weighted by molar-refractivity contribution is 6.67. The summed E-state index contributed by atoms with van der Waals surface area (Å²) in [5.41, 5.74) is 0. The molecular formula is C19H42O2Si. The van der Waals surface area contributed by atoms with Gasteiger partial charge in [-0.05, 0) is 31.4 Å². The van der Waals surface area contributed by atoms with Gasteiger partial charge in [0.1, 0.15) is 0 Å². The molecule has 1 unspecified atom stereocenters. The molecule has 0 radical (unpaired) electrons. The number of hydrogen-bond acceptors (Lipinski definition) is 2. The zero-order valence-corrected chi connectivity index (χ0v) is 17.1. The van der Waals surface area contributed by atoms with Gasteiger partial charge in [0.25, 0.3) is 0 Å². The summed E-state index contributed by atoms with van der Waals surface area (Å²) in [6.07, 6.45) is 13.3. The Morgan fingerprint density at radius 1 is 0.727 bits per heavy atom. The third-order valence-electron chi connectivity index (χ3n) is 4.64. The molecule has 0 heterocycles. The Kier molecular flexibility index (Phi) is 14.8. The average molecular weight is 331 g/mol. The van der Waals surface area contributed by atoms with E-state index in [9.17, 15) is 0 Å². The van der Waals surface area contributed by atoms with Crippen molar-refractivity contribution >= 4 is 8.56 Å². The smallest absolute Gasteiger partial charge is 0.337 e. The molecule has 0 N–H and O–H groups in total. The standard InChI is InChI=1S/C19H42O2Si/c1-6-11-12-13-14-15-16-18-20-22(9-4,10-5)21-19(8-3)17-7-2/h19H,6-18H2,1-5H3. The minimum atomic E-state index is -1.95. The van der Waals surface area contributed by atoms with E-state index in [2.05, 4.69) is 34.6 Å². The second-order valence-electron chi connectivity index (χ2n) is 6.52. The second kappa shape index (κ2) is 14.7. The molecule has 0 aliphatic heterocycles. The highest BCUT2D eigenvalue weighted by atomic mass is 28.4. The van der Waals surface area contributed by atoms with E-state index < -0.39 is 8.56 Å². The first-order valence-electron chi connectivity index (χ1n) is 9.99. The number of unbranched alkanes of at least 4 members (excludes halogenated alkanes) is 6. The van der Waals surface area contributed by atoms with Crippen LogP contribution in [0.2, 0.25) is 12.1 Å². The van der Waals surface area contributed by atoms with Crippen LogP contribution in [0.5, 0.6) is 0 Å². The van der Waals surface area contributed by atoms with Crippen molar-refractivity contribution in [2.75, 3.05) is 6.61 Å². The van der Waals surface area contributed by atoms with Crippen LogP contribution in [0.15, 0.2) is 0 Å². The van der Waals surface area contributed by atoms with Crippen molar-refractivity contribution in [3.63, 3.8) is 0 Å². The van der Waals surface area contributed by atoms with E-state index in [1.54, 1.807) is 0 Å². The monoisotopic (exact) mass is 330 g/mol. The summed E-state index contributed by atoms with van der Waals surface area (Å²) >= 11 is 0. The van der Waals surface area contributed by atoms with Gasteiger partial charge in [-0.3, -0.25) is 0 Å². The summed E-state index contributed by atoms with van der Waals surface area (Å²) in [6, 6.07) is 2.17. The van der Waals surface area contributed by atoms with Gasteiger partial charge in [0, 0.05) is 12.7 Å². The molecule has 0 fully saturated rings. The SMILES string of the molecule is CCCCCCCCCO[Si](CC)(CC)OC(CC)CCC. The maximum Gasteiger partial charge on any atom is 0.337 e. The quantitative estimate of drug-likeness (QED) is 0.228. The molecular weight excluding hydrogens is 288 g/mol. The van der Waals surface area contributed by atoms with Crippen molar-refractivity contribution in [1.29, 1.82) is 0 Å². The van der Waals surface area contributed by atoms with Crippen molar-refractivity contribution in [2.45, 2.75) is 117 Å². The number of rotatable bonds is 16. The lowest BCUT2D eigenvalue weighted by molar-refractivity contribution is 0.102. The Hall–Kier alpha value is 0.137. The normalized spacial score (nSPS) is 13.5. The summed E-state index contributed by atoms with van der Waals surface area (Å²) in [4.78, 5) is 0. The highest BCUT2D eigenvalue weighted by Crippen LogP contribution is 2.24. The fourth-order valence-corrected chi connectivity index (χ4v) is 5.66. The molecule has 1 atom stereocenters. The minimum absolute atomic E-state index is 0.408. The Morgan fingerprint density at radius 2 is 1.32 bits per heavy atom. The van der Waals surface area contributed by atoms with Crippen LogP contribution in [-0.2, 0) is 8.85 Å². The van der Waals surface area contributed by atoms with Gasteiger partial charge >= 0.3 is 8.56 Å². The van der Waals surface area contributed by atoms with Gasteiger partial charge in [-0.15, -0.1) is 0 Å². The van der Waals surface area contributed by atoms with Crippen LogP contribution < -0.4 is 0 Å². The van der Waals surface area contributed by atoms with Crippen LogP contribution in [0.4, 0.5) is 0 Å². The van der Waals surface area contributed by atoms with Crippen LogP contribution in [0.25, 0.3) is 0 Å². The maximum atomic E-state index is 6.50. The topological polar surface area (TPSA) is 18.5 Å². The molecule has 0 aromatic heterocycles. The third kappa shape index (κ3) is 10.0. The largest absolute Gasteiger partial charge is 0.394 e. The summed E-state index contributed by atoms with van der Waals surface area (Å²) < 4.78 is 12.9. The van der Waals surface area contributed by atoms with Crippen molar-refractivity contribution < 1.29 is 8.85 Å². The first-order chi connectivity index (χ1) is 10.7. The molecule has 0 aliphatic rings. The Morgan fingerprint density at radius 3 is 1.82 bits per heavy atom. The van der Waals surface area contributed by atoms with E-state index in [0.717, 1.165) is 25.1 Å². The molecule has 0 rings (SSSR count). The molecule has 0 spiro atoms. The lowest BCUT2D eigenvalue weighted by atomic mass is 10.1. The lowest BCUT2D eigenvalue weighted by Crippen LogP contribution is -2.44. The van der Waals surface area contributed by atoms with E-state index >= 15 is 0 Å². The summed E-state index contributed by atoms with van der Waals surface area (Å²) in [5.74, 6) is 0. The van der Waals surface area contributed by atoms with Gasteiger partial charge in [0.05, 0.1) is 0 Å².